The van der Waals surface area contributed by atoms with Gasteiger partial charge in [-0.15, -0.1) is 0 Å². The highest BCUT2D eigenvalue weighted by atomic mass is 16.5. The van der Waals surface area contributed by atoms with Gasteiger partial charge >= 0.3 is 6.01 Å². The second-order valence-electron chi connectivity index (χ2n) is 4.80. The molecule has 0 aliphatic carbocycles. The summed E-state index contributed by atoms with van der Waals surface area (Å²) in [5, 5.41) is 0. The van der Waals surface area contributed by atoms with Crippen LogP contribution < -0.4 is 14.4 Å². The molecule has 0 saturated carbocycles. The zero-order chi connectivity index (χ0) is 14.5. The molecule has 1 saturated heterocycles. The first-order chi connectivity index (χ1) is 10.3. The van der Waals surface area contributed by atoms with Crippen LogP contribution in [0, 0.1) is 0 Å². The van der Waals surface area contributed by atoms with E-state index in [2.05, 4.69) is 24.8 Å². The lowest BCUT2D eigenvalue weighted by molar-refractivity contribution is 0.163. The molecule has 7 nitrogen and oxygen atoms in total. The second-order valence-corrected chi connectivity index (χ2v) is 4.80. The van der Waals surface area contributed by atoms with E-state index in [4.69, 9.17) is 9.47 Å². The highest BCUT2D eigenvalue weighted by Gasteiger charge is 2.23. The molecular formula is C14H17N5O2. The zero-order valence-corrected chi connectivity index (χ0v) is 11.8. The lowest BCUT2D eigenvalue weighted by Crippen LogP contribution is -2.41. The second kappa shape index (κ2) is 6.34. The van der Waals surface area contributed by atoms with E-state index in [9.17, 15) is 0 Å². The molecule has 7 heteroatoms. The van der Waals surface area contributed by atoms with Crippen LogP contribution in [0.25, 0.3) is 0 Å². The first kappa shape index (κ1) is 13.5. The molecule has 1 atom stereocenters. The van der Waals surface area contributed by atoms with Crippen LogP contribution in [0.1, 0.15) is 12.8 Å². The van der Waals surface area contributed by atoms with Crippen molar-refractivity contribution in [1.82, 2.24) is 19.9 Å². The van der Waals surface area contributed by atoms with Crippen molar-refractivity contribution in [2.24, 2.45) is 0 Å². The predicted molar refractivity (Wildman–Crippen MR) is 76.5 cm³/mol. The van der Waals surface area contributed by atoms with Gasteiger partial charge in [0.05, 0.1) is 32.2 Å². The van der Waals surface area contributed by atoms with E-state index in [0.29, 0.717) is 11.8 Å². The van der Waals surface area contributed by atoms with E-state index in [0.717, 1.165) is 31.7 Å². The quantitative estimate of drug-likeness (QED) is 0.839. The molecule has 3 heterocycles. The fourth-order valence-corrected chi connectivity index (χ4v) is 2.32. The van der Waals surface area contributed by atoms with Crippen LogP contribution >= 0.6 is 0 Å². The van der Waals surface area contributed by atoms with E-state index >= 15 is 0 Å². The van der Waals surface area contributed by atoms with Gasteiger partial charge in [0, 0.05) is 18.9 Å². The Hall–Kier alpha value is -2.44. The highest BCUT2D eigenvalue weighted by molar-refractivity contribution is 5.35. The molecule has 0 spiro atoms. The molecule has 0 amide bonds. The Morgan fingerprint density at radius 2 is 2.00 bits per heavy atom. The summed E-state index contributed by atoms with van der Waals surface area (Å²) in [5.74, 6) is 1.49. The zero-order valence-electron chi connectivity index (χ0n) is 11.8. The Balaban J connectivity index is 1.63. The van der Waals surface area contributed by atoms with Crippen molar-refractivity contribution >= 4 is 5.82 Å². The summed E-state index contributed by atoms with van der Waals surface area (Å²) in [6, 6.07) is 0.377. The van der Waals surface area contributed by atoms with E-state index < -0.39 is 0 Å². The van der Waals surface area contributed by atoms with Crippen molar-refractivity contribution in [3.63, 3.8) is 0 Å². The van der Waals surface area contributed by atoms with Crippen molar-refractivity contribution in [3.05, 3.63) is 31.0 Å². The van der Waals surface area contributed by atoms with Crippen LogP contribution in [-0.2, 0) is 0 Å². The minimum atomic E-state index is 0.0501. The van der Waals surface area contributed by atoms with Gasteiger partial charge in [-0.1, -0.05) is 0 Å². The molecule has 2 aromatic rings. The number of anilines is 1. The van der Waals surface area contributed by atoms with Gasteiger partial charge in [0.2, 0.25) is 0 Å². The molecule has 1 aliphatic heterocycles. The maximum atomic E-state index is 5.84. The maximum Gasteiger partial charge on any atom is 0.316 e. The van der Waals surface area contributed by atoms with Crippen LogP contribution in [0.4, 0.5) is 5.82 Å². The average molecular weight is 287 g/mol. The Morgan fingerprint density at radius 3 is 2.71 bits per heavy atom. The molecule has 1 fully saturated rings. The van der Waals surface area contributed by atoms with E-state index in [1.165, 1.54) is 0 Å². The fraction of sp³-hybridized carbons (Fsp3) is 0.429. The number of aromatic nitrogens is 4. The van der Waals surface area contributed by atoms with Gasteiger partial charge in [0.15, 0.2) is 5.75 Å². The van der Waals surface area contributed by atoms with Crippen LogP contribution in [-0.4, -0.2) is 46.2 Å². The Kier molecular flexibility index (Phi) is 4.09. The van der Waals surface area contributed by atoms with Crippen LogP contribution in [0.2, 0.25) is 0 Å². The number of rotatable bonds is 4. The molecule has 110 valence electrons. The van der Waals surface area contributed by atoms with Crippen LogP contribution in [0.15, 0.2) is 31.0 Å². The summed E-state index contributed by atoms with van der Waals surface area (Å²) >= 11 is 0. The molecule has 0 radical (unpaired) electrons. The van der Waals surface area contributed by atoms with Gasteiger partial charge in [0.1, 0.15) is 11.9 Å². The summed E-state index contributed by atoms with van der Waals surface area (Å²) < 4.78 is 10.9. The van der Waals surface area contributed by atoms with Gasteiger partial charge in [-0.25, -0.2) is 4.98 Å². The molecule has 2 aromatic heterocycles. The summed E-state index contributed by atoms with van der Waals surface area (Å²) in [6.45, 7) is 1.72. The summed E-state index contributed by atoms with van der Waals surface area (Å²) in [6.07, 6.45) is 10.4. The summed E-state index contributed by atoms with van der Waals surface area (Å²) in [7, 11) is 1.58. The summed E-state index contributed by atoms with van der Waals surface area (Å²) in [5.41, 5.74) is 0. The largest absolute Gasteiger partial charge is 0.494 e. The third-order valence-corrected chi connectivity index (χ3v) is 3.36. The molecule has 0 bridgehead atoms. The number of hydrogen-bond donors (Lipinski definition) is 0. The van der Waals surface area contributed by atoms with Gasteiger partial charge in [-0.2, -0.15) is 9.97 Å². The predicted octanol–water partition coefficient (Wildman–Crippen LogP) is 1.32. The molecule has 0 N–H and O–H groups in total. The smallest absolute Gasteiger partial charge is 0.316 e. The number of methoxy groups -OCH3 is 1. The van der Waals surface area contributed by atoms with Crippen molar-refractivity contribution in [3.8, 4) is 11.8 Å². The first-order valence-electron chi connectivity index (χ1n) is 6.89. The van der Waals surface area contributed by atoms with Crippen molar-refractivity contribution in [1.29, 1.82) is 0 Å². The average Bonchev–Trinajstić information content (AvgIpc) is 2.57. The summed E-state index contributed by atoms with van der Waals surface area (Å²) in [4.78, 5) is 18.9. The fourth-order valence-electron chi connectivity index (χ4n) is 2.32. The lowest BCUT2D eigenvalue weighted by Gasteiger charge is -2.32. The maximum absolute atomic E-state index is 5.84. The third kappa shape index (κ3) is 3.36. The van der Waals surface area contributed by atoms with E-state index in [-0.39, 0.29) is 6.10 Å². The third-order valence-electron chi connectivity index (χ3n) is 3.36. The van der Waals surface area contributed by atoms with E-state index in [1.807, 2.05) is 0 Å². The Morgan fingerprint density at radius 1 is 1.14 bits per heavy atom. The van der Waals surface area contributed by atoms with Gasteiger partial charge in [-0.05, 0) is 12.8 Å². The SMILES string of the molecule is COc1cnc(OC2CCCN(c3cnccn3)C2)nc1. The number of ether oxygens (including phenoxy) is 2. The normalized spacial score (nSPS) is 18.3. The van der Waals surface area contributed by atoms with Crippen LogP contribution in [0.3, 0.4) is 0 Å². The highest BCUT2D eigenvalue weighted by Crippen LogP contribution is 2.20. The van der Waals surface area contributed by atoms with Crippen molar-refractivity contribution < 1.29 is 9.47 Å². The minimum absolute atomic E-state index is 0.0501. The number of piperidine rings is 1. The van der Waals surface area contributed by atoms with E-state index in [1.54, 1.807) is 38.1 Å². The monoisotopic (exact) mass is 287 g/mol. The van der Waals surface area contributed by atoms with Crippen molar-refractivity contribution in [2.45, 2.75) is 18.9 Å². The van der Waals surface area contributed by atoms with Gasteiger partial charge < -0.3 is 14.4 Å². The topological polar surface area (TPSA) is 73.3 Å². The minimum Gasteiger partial charge on any atom is -0.494 e. The molecule has 21 heavy (non-hydrogen) atoms. The Labute approximate surface area is 123 Å². The van der Waals surface area contributed by atoms with Gasteiger partial charge in [-0.3, -0.25) is 4.98 Å². The molecule has 1 unspecified atom stereocenters. The number of nitrogens with zero attached hydrogens (tertiary/aromatic N) is 5. The molecule has 3 rings (SSSR count). The first-order valence-corrected chi connectivity index (χ1v) is 6.89. The Bertz CT molecular complexity index is 563. The molecule has 0 aromatic carbocycles. The van der Waals surface area contributed by atoms with Crippen molar-refractivity contribution in [2.75, 3.05) is 25.1 Å². The molecular weight excluding hydrogens is 270 g/mol. The van der Waals surface area contributed by atoms with Gasteiger partial charge in [0.25, 0.3) is 0 Å². The standard InChI is InChI=1S/C14H17N5O2/c1-20-12-7-17-14(18-8-12)21-11-3-2-6-19(10-11)13-9-15-4-5-16-13/h4-5,7-9,11H,2-3,6,10H2,1H3. The number of hydrogen-bond acceptors (Lipinski definition) is 7. The lowest BCUT2D eigenvalue weighted by atomic mass is 10.1. The van der Waals surface area contributed by atoms with Crippen LogP contribution in [0.5, 0.6) is 11.8 Å². The molecule has 1 aliphatic rings.